The van der Waals surface area contributed by atoms with Gasteiger partial charge in [-0.05, 0) is 26.0 Å². The van der Waals surface area contributed by atoms with Gasteiger partial charge in [0.1, 0.15) is 6.54 Å². The van der Waals surface area contributed by atoms with Crippen LogP contribution in [0.2, 0.25) is 0 Å². The molecule has 0 atom stereocenters. The molecule has 0 saturated carbocycles. The van der Waals surface area contributed by atoms with E-state index in [2.05, 4.69) is 5.10 Å². The quantitative estimate of drug-likeness (QED) is 0.811. The van der Waals surface area contributed by atoms with E-state index >= 15 is 0 Å². The van der Waals surface area contributed by atoms with Gasteiger partial charge in [-0.25, -0.2) is 4.68 Å². The zero-order valence-corrected chi connectivity index (χ0v) is 9.82. The van der Waals surface area contributed by atoms with Crippen molar-refractivity contribution in [2.24, 2.45) is 0 Å². The van der Waals surface area contributed by atoms with Gasteiger partial charge >= 0.3 is 5.97 Å². The molecule has 5 nitrogen and oxygen atoms in total. The number of H-pyrrole nitrogens is 1. The van der Waals surface area contributed by atoms with Crippen LogP contribution in [-0.2, 0) is 16.1 Å². The summed E-state index contributed by atoms with van der Waals surface area (Å²) < 4.78 is 6.07. The first-order chi connectivity index (χ1) is 8.11. The van der Waals surface area contributed by atoms with Crippen LogP contribution in [0.3, 0.4) is 0 Å². The Labute approximate surface area is 98.0 Å². The Hall–Kier alpha value is -2.04. The SMILES string of the molecule is CCOC(=O)Cn1[nH]c2ccc(C)cc2c1=O. The number of nitrogens with zero attached hydrogens (tertiary/aromatic N) is 1. The van der Waals surface area contributed by atoms with Gasteiger partial charge in [-0.2, -0.15) is 0 Å². The van der Waals surface area contributed by atoms with Gasteiger partial charge in [0.15, 0.2) is 0 Å². The fourth-order valence-corrected chi connectivity index (χ4v) is 1.72. The predicted molar refractivity (Wildman–Crippen MR) is 63.9 cm³/mol. The average Bonchev–Trinajstić information content (AvgIpc) is 2.57. The second kappa shape index (κ2) is 4.45. The summed E-state index contributed by atoms with van der Waals surface area (Å²) in [7, 11) is 0. The lowest BCUT2D eigenvalue weighted by atomic mass is 10.2. The second-order valence-corrected chi connectivity index (χ2v) is 3.86. The summed E-state index contributed by atoms with van der Waals surface area (Å²) in [5.74, 6) is -0.419. The number of hydrogen-bond acceptors (Lipinski definition) is 3. The maximum absolute atomic E-state index is 11.9. The van der Waals surface area contributed by atoms with E-state index in [0.29, 0.717) is 12.0 Å². The fourth-order valence-electron chi connectivity index (χ4n) is 1.72. The molecule has 1 aromatic carbocycles. The number of aryl methyl sites for hydroxylation is 1. The Morgan fingerprint density at radius 3 is 2.94 bits per heavy atom. The van der Waals surface area contributed by atoms with Crippen LogP contribution in [-0.4, -0.2) is 22.4 Å². The van der Waals surface area contributed by atoms with E-state index in [4.69, 9.17) is 4.74 Å². The minimum atomic E-state index is -0.419. The molecule has 90 valence electrons. The first-order valence-electron chi connectivity index (χ1n) is 5.46. The highest BCUT2D eigenvalue weighted by atomic mass is 16.5. The number of esters is 1. The Balaban J connectivity index is 2.39. The molecule has 0 aliphatic carbocycles. The molecule has 2 rings (SSSR count). The molecule has 0 unspecified atom stereocenters. The Morgan fingerprint density at radius 2 is 2.24 bits per heavy atom. The predicted octanol–water partition coefficient (Wildman–Crippen LogP) is 1.20. The van der Waals surface area contributed by atoms with Crippen LogP contribution in [0.4, 0.5) is 0 Å². The van der Waals surface area contributed by atoms with Crippen molar-refractivity contribution in [3.05, 3.63) is 34.1 Å². The summed E-state index contributed by atoms with van der Waals surface area (Å²) >= 11 is 0. The third-order valence-electron chi connectivity index (χ3n) is 2.50. The summed E-state index contributed by atoms with van der Waals surface area (Å²) in [6.45, 7) is 3.88. The third kappa shape index (κ3) is 2.22. The van der Waals surface area contributed by atoms with Crippen molar-refractivity contribution >= 4 is 16.9 Å². The van der Waals surface area contributed by atoms with Crippen LogP contribution in [0.25, 0.3) is 10.9 Å². The molecular weight excluding hydrogens is 220 g/mol. The summed E-state index contributed by atoms with van der Waals surface area (Å²) in [6.07, 6.45) is 0. The zero-order chi connectivity index (χ0) is 12.4. The van der Waals surface area contributed by atoms with Crippen LogP contribution in [0.5, 0.6) is 0 Å². The number of rotatable bonds is 3. The molecule has 17 heavy (non-hydrogen) atoms. The van der Waals surface area contributed by atoms with Crippen molar-refractivity contribution in [1.29, 1.82) is 0 Å². The zero-order valence-electron chi connectivity index (χ0n) is 9.82. The highest BCUT2D eigenvalue weighted by Crippen LogP contribution is 2.09. The number of carbonyl (C=O) groups excluding carboxylic acids is 1. The number of aromatic nitrogens is 2. The number of carbonyl (C=O) groups is 1. The Kier molecular flexibility index (Phi) is 2.99. The van der Waals surface area contributed by atoms with Gasteiger partial charge in [-0.15, -0.1) is 0 Å². The van der Waals surface area contributed by atoms with Gasteiger partial charge in [0, 0.05) is 0 Å². The number of nitrogens with one attached hydrogen (secondary N) is 1. The largest absolute Gasteiger partial charge is 0.465 e. The second-order valence-electron chi connectivity index (χ2n) is 3.86. The number of aromatic amines is 1. The molecule has 1 heterocycles. The van der Waals surface area contributed by atoms with Gasteiger partial charge in [0.2, 0.25) is 0 Å². The highest BCUT2D eigenvalue weighted by molar-refractivity contribution is 5.79. The monoisotopic (exact) mass is 234 g/mol. The lowest BCUT2D eigenvalue weighted by Crippen LogP contribution is -2.23. The van der Waals surface area contributed by atoms with Gasteiger partial charge in [0.05, 0.1) is 17.5 Å². The van der Waals surface area contributed by atoms with Gasteiger partial charge in [-0.1, -0.05) is 11.6 Å². The topological polar surface area (TPSA) is 64.1 Å². The lowest BCUT2D eigenvalue weighted by Gasteiger charge is -2.00. The Morgan fingerprint density at radius 1 is 1.47 bits per heavy atom. The standard InChI is InChI=1S/C12H14N2O3/c1-3-17-11(15)7-14-12(16)9-6-8(2)4-5-10(9)13-14/h4-6,13H,3,7H2,1-2H3. The van der Waals surface area contributed by atoms with E-state index in [0.717, 1.165) is 11.1 Å². The highest BCUT2D eigenvalue weighted by Gasteiger charge is 2.10. The third-order valence-corrected chi connectivity index (χ3v) is 2.50. The molecule has 0 spiro atoms. The lowest BCUT2D eigenvalue weighted by molar-refractivity contribution is -0.144. The maximum Gasteiger partial charge on any atom is 0.327 e. The molecule has 0 radical (unpaired) electrons. The molecule has 1 aromatic heterocycles. The molecule has 0 aliphatic heterocycles. The van der Waals surface area contributed by atoms with Crippen molar-refractivity contribution in [1.82, 2.24) is 9.78 Å². The van der Waals surface area contributed by atoms with E-state index in [9.17, 15) is 9.59 Å². The average molecular weight is 234 g/mol. The van der Waals surface area contributed by atoms with Gasteiger partial charge in [0.25, 0.3) is 5.56 Å². The van der Waals surface area contributed by atoms with Gasteiger partial charge < -0.3 is 4.74 Å². The maximum atomic E-state index is 11.9. The first-order valence-corrected chi connectivity index (χ1v) is 5.46. The van der Waals surface area contributed by atoms with Crippen molar-refractivity contribution in [2.75, 3.05) is 6.61 Å². The number of ether oxygens (including phenoxy) is 1. The molecule has 0 aliphatic rings. The molecule has 1 N–H and O–H groups in total. The smallest absolute Gasteiger partial charge is 0.327 e. The first kappa shape index (κ1) is 11.4. The summed E-state index contributed by atoms with van der Waals surface area (Å²) in [5, 5.41) is 3.48. The van der Waals surface area contributed by atoms with Gasteiger partial charge in [-0.3, -0.25) is 14.7 Å². The summed E-state index contributed by atoms with van der Waals surface area (Å²) in [5.41, 5.74) is 1.54. The van der Waals surface area contributed by atoms with E-state index in [1.807, 2.05) is 19.1 Å². The van der Waals surface area contributed by atoms with E-state index in [1.165, 1.54) is 4.68 Å². The number of hydrogen-bond donors (Lipinski definition) is 1. The molecule has 0 fully saturated rings. The van der Waals surface area contributed by atoms with Crippen LogP contribution < -0.4 is 5.56 Å². The molecular formula is C12H14N2O3. The van der Waals surface area contributed by atoms with Crippen LogP contribution >= 0.6 is 0 Å². The van der Waals surface area contributed by atoms with E-state index < -0.39 is 5.97 Å². The minimum Gasteiger partial charge on any atom is -0.465 e. The van der Waals surface area contributed by atoms with Crippen LogP contribution in [0, 0.1) is 6.92 Å². The number of fused-ring (bicyclic) bond motifs is 1. The van der Waals surface area contributed by atoms with Crippen LogP contribution in [0.15, 0.2) is 23.0 Å². The normalized spacial score (nSPS) is 10.7. The van der Waals surface area contributed by atoms with Crippen LogP contribution in [0.1, 0.15) is 12.5 Å². The van der Waals surface area contributed by atoms with E-state index in [1.54, 1.807) is 13.0 Å². The molecule has 2 aromatic rings. The molecule has 0 saturated heterocycles. The van der Waals surface area contributed by atoms with E-state index in [-0.39, 0.29) is 12.1 Å². The molecule has 0 bridgehead atoms. The Bertz CT molecular complexity index is 610. The van der Waals surface area contributed by atoms with Crippen molar-refractivity contribution < 1.29 is 9.53 Å². The fraction of sp³-hybridized carbons (Fsp3) is 0.333. The molecule has 0 amide bonds. The van der Waals surface area contributed by atoms with Crippen molar-refractivity contribution in [3.8, 4) is 0 Å². The minimum absolute atomic E-state index is 0.0829. The summed E-state index contributed by atoms with van der Waals surface area (Å²) in [4.78, 5) is 23.3. The number of benzene rings is 1. The van der Waals surface area contributed by atoms with Crippen molar-refractivity contribution in [2.45, 2.75) is 20.4 Å². The summed E-state index contributed by atoms with van der Waals surface area (Å²) in [6, 6.07) is 5.54. The molecule has 5 heteroatoms. The van der Waals surface area contributed by atoms with Crippen molar-refractivity contribution in [3.63, 3.8) is 0 Å².